The molecule has 0 saturated carbocycles. The molecule has 0 aromatic heterocycles. The van der Waals surface area contributed by atoms with Crippen molar-refractivity contribution in [3.8, 4) is 11.5 Å². The normalized spacial score (nSPS) is 10.0. The van der Waals surface area contributed by atoms with Crippen LogP contribution in [0.25, 0.3) is 0 Å². The van der Waals surface area contributed by atoms with Crippen LogP contribution in [0.2, 0.25) is 0 Å². The van der Waals surface area contributed by atoms with Crippen LogP contribution in [0, 0.1) is 6.92 Å². The maximum atomic E-state index is 12.2. The molecule has 2 aromatic rings. The summed E-state index contributed by atoms with van der Waals surface area (Å²) >= 11 is 0. The second kappa shape index (κ2) is 7.45. The lowest BCUT2D eigenvalue weighted by Gasteiger charge is -2.10. The van der Waals surface area contributed by atoms with Crippen molar-refractivity contribution in [2.75, 3.05) is 20.8 Å². The van der Waals surface area contributed by atoms with Crippen molar-refractivity contribution in [2.45, 2.75) is 6.92 Å². The molecule has 2 rings (SSSR count). The van der Waals surface area contributed by atoms with Gasteiger partial charge in [-0.15, -0.1) is 0 Å². The summed E-state index contributed by atoms with van der Waals surface area (Å²) in [6.45, 7) is 1.49. The maximum Gasteiger partial charge on any atom is 0.342 e. The standard InChI is InChI=1S/C18H18O5/c1-12-8-9-17(22-3)14(10-12)18(20)23-11-15(19)13-6-4-5-7-16(13)21-2/h4-10H,11H2,1-3H3. The number of ketones is 1. The molecular formula is C18H18O5. The molecule has 0 aliphatic carbocycles. The van der Waals surface area contributed by atoms with Crippen LogP contribution >= 0.6 is 0 Å². The van der Waals surface area contributed by atoms with E-state index in [0.717, 1.165) is 5.56 Å². The predicted octanol–water partition coefficient (Wildman–Crippen LogP) is 3.05. The molecule has 5 heteroatoms. The SMILES string of the molecule is COc1ccccc1C(=O)COC(=O)c1cc(C)ccc1OC. The quantitative estimate of drug-likeness (QED) is 0.606. The van der Waals surface area contributed by atoms with E-state index in [2.05, 4.69) is 0 Å². The van der Waals surface area contributed by atoms with Gasteiger partial charge in [-0.25, -0.2) is 4.79 Å². The van der Waals surface area contributed by atoms with Crippen LogP contribution in [-0.4, -0.2) is 32.6 Å². The summed E-state index contributed by atoms with van der Waals surface area (Å²) in [5.74, 6) is -0.0803. The molecule has 0 heterocycles. The monoisotopic (exact) mass is 314 g/mol. The molecule has 0 aliphatic rings. The van der Waals surface area contributed by atoms with Crippen LogP contribution in [0.1, 0.15) is 26.3 Å². The molecule has 0 radical (unpaired) electrons. The van der Waals surface area contributed by atoms with Crippen LogP contribution in [-0.2, 0) is 4.74 Å². The molecule has 0 spiro atoms. The molecule has 0 atom stereocenters. The van der Waals surface area contributed by atoms with Gasteiger partial charge in [-0.2, -0.15) is 0 Å². The fraction of sp³-hybridized carbons (Fsp3) is 0.222. The van der Waals surface area contributed by atoms with Gasteiger partial charge in [0, 0.05) is 0 Å². The zero-order chi connectivity index (χ0) is 16.8. The van der Waals surface area contributed by atoms with E-state index in [0.29, 0.717) is 22.6 Å². The third-order valence-electron chi connectivity index (χ3n) is 3.32. The van der Waals surface area contributed by atoms with Gasteiger partial charge in [-0.3, -0.25) is 4.79 Å². The highest BCUT2D eigenvalue weighted by Gasteiger charge is 2.18. The fourth-order valence-corrected chi connectivity index (χ4v) is 2.14. The second-order valence-electron chi connectivity index (χ2n) is 4.90. The number of Topliss-reactive ketones (excluding diaryl/α,β-unsaturated/α-hetero) is 1. The highest BCUT2D eigenvalue weighted by atomic mass is 16.5. The van der Waals surface area contributed by atoms with E-state index in [1.807, 2.05) is 13.0 Å². The molecule has 120 valence electrons. The van der Waals surface area contributed by atoms with Gasteiger partial charge >= 0.3 is 5.97 Å². The fourth-order valence-electron chi connectivity index (χ4n) is 2.14. The van der Waals surface area contributed by atoms with Crippen LogP contribution in [0.3, 0.4) is 0 Å². The van der Waals surface area contributed by atoms with E-state index < -0.39 is 5.97 Å². The van der Waals surface area contributed by atoms with Gasteiger partial charge in [0.25, 0.3) is 0 Å². The smallest absolute Gasteiger partial charge is 0.342 e. The summed E-state index contributed by atoms with van der Waals surface area (Å²) < 4.78 is 15.4. The summed E-state index contributed by atoms with van der Waals surface area (Å²) in [4.78, 5) is 24.4. The molecule has 5 nitrogen and oxygen atoms in total. The van der Waals surface area contributed by atoms with E-state index in [9.17, 15) is 9.59 Å². The predicted molar refractivity (Wildman–Crippen MR) is 85.3 cm³/mol. The Morgan fingerprint density at radius 1 is 0.913 bits per heavy atom. The highest BCUT2D eigenvalue weighted by Crippen LogP contribution is 2.21. The van der Waals surface area contributed by atoms with Crippen molar-refractivity contribution in [1.82, 2.24) is 0 Å². The number of benzene rings is 2. The first-order valence-electron chi connectivity index (χ1n) is 7.04. The summed E-state index contributed by atoms with van der Waals surface area (Å²) in [7, 11) is 2.96. The zero-order valence-electron chi connectivity index (χ0n) is 13.3. The van der Waals surface area contributed by atoms with Gasteiger partial charge in [0.2, 0.25) is 5.78 Å². The summed E-state index contributed by atoms with van der Waals surface area (Å²) in [5, 5.41) is 0. The topological polar surface area (TPSA) is 61.8 Å². The molecule has 0 fully saturated rings. The molecule has 0 amide bonds. The average Bonchev–Trinajstić information content (AvgIpc) is 2.59. The first-order valence-corrected chi connectivity index (χ1v) is 7.04. The lowest BCUT2D eigenvalue weighted by atomic mass is 10.1. The van der Waals surface area contributed by atoms with Gasteiger partial charge in [0.05, 0.1) is 19.8 Å². The Kier molecular flexibility index (Phi) is 5.36. The van der Waals surface area contributed by atoms with Crippen LogP contribution in [0.4, 0.5) is 0 Å². The van der Waals surface area contributed by atoms with E-state index in [4.69, 9.17) is 14.2 Å². The number of esters is 1. The van der Waals surface area contributed by atoms with Gasteiger partial charge in [-0.1, -0.05) is 23.8 Å². The molecular weight excluding hydrogens is 296 g/mol. The molecule has 0 saturated heterocycles. The average molecular weight is 314 g/mol. The Labute approximate surface area is 134 Å². The molecule has 0 unspecified atom stereocenters. The van der Waals surface area contributed by atoms with Crippen molar-refractivity contribution >= 4 is 11.8 Å². The van der Waals surface area contributed by atoms with Crippen LogP contribution < -0.4 is 9.47 Å². The summed E-state index contributed by atoms with van der Waals surface area (Å²) in [6, 6.07) is 12.0. The highest BCUT2D eigenvalue weighted by molar-refractivity contribution is 6.01. The zero-order valence-corrected chi connectivity index (χ0v) is 13.3. The van der Waals surface area contributed by atoms with Crippen molar-refractivity contribution in [3.63, 3.8) is 0 Å². The van der Waals surface area contributed by atoms with Crippen molar-refractivity contribution in [2.24, 2.45) is 0 Å². The lowest BCUT2D eigenvalue weighted by molar-refractivity contribution is 0.0470. The number of hydrogen-bond acceptors (Lipinski definition) is 5. The number of para-hydroxylation sites is 1. The number of ether oxygens (including phenoxy) is 3. The van der Waals surface area contributed by atoms with Crippen molar-refractivity contribution in [3.05, 3.63) is 59.2 Å². The van der Waals surface area contributed by atoms with E-state index in [1.165, 1.54) is 14.2 Å². The number of rotatable bonds is 6. The van der Waals surface area contributed by atoms with Crippen LogP contribution in [0.5, 0.6) is 11.5 Å². The number of carbonyl (C=O) groups excluding carboxylic acids is 2. The Bertz CT molecular complexity index is 721. The number of hydrogen-bond donors (Lipinski definition) is 0. The number of aryl methyl sites for hydroxylation is 1. The van der Waals surface area contributed by atoms with Gasteiger partial charge in [0.1, 0.15) is 17.1 Å². The molecule has 0 bridgehead atoms. The summed E-state index contributed by atoms with van der Waals surface area (Å²) in [5.41, 5.74) is 1.56. The van der Waals surface area contributed by atoms with E-state index in [-0.39, 0.29) is 12.4 Å². The molecule has 0 aliphatic heterocycles. The van der Waals surface area contributed by atoms with Crippen molar-refractivity contribution < 1.29 is 23.8 Å². The Balaban J connectivity index is 2.10. The van der Waals surface area contributed by atoms with E-state index >= 15 is 0 Å². The minimum absolute atomic E-state index is 0.292. The largest absolute Gasteiger partial charge is 0.496 e. The molecule has 0 N–H and O–H groups in total. The van der Waals surface area contributed by atoms with Gasteiger partial charge in [0.15, 0.2) is 6.61 Å². The third-order valence-corrected chi connectivity index (χ3v) is 3.32. The third kappa shape index (κ3) is 3.88. The Morgan fingerprint density at radius 2 is 1.57 bits per heavy atom. The first-order chi connectivity index (χ1) is 11.1. The minimum Gasteiger partial charge on any atom is -0.496 e. The maximum absolute atomic E-state index is 12.2. The second-order valence-corrected chi connectivity index (χ2v) is 4.90. The summed E-state index contributed by atoms with van der Waals surface area (Å²) in [6.07, 6.45) is 0. The van der Waals surface area contributed by atoms with E-state index in [1.54, 1.807) is 36.4 Å². The van der Waals surface area contributed by atoms with Gasteiger partial charge < -0.3 is 14.2 Å². The first kappa shape index (κ1) is 16.5. The Hall–Kier alpha value is -2.82. The van der Waals surface area contributed by atoms with Crippen LogP contribution in [0.15, 0.2) is 42.5 Å². The molecule has 23 heavy (non-hydrogen) atoms. The molecule has 2 aromatic carbocycles. The number of carbonyl (C=O) groups is 2. The number of methoxy groups -OCH3 is 2. The van der Waals surface area contributed by atoms with Gasteiger partial charge in [-0.05, 0) is 31.2 Å². The lowest BCUT2D eigenvalue weighted by Crippen LogP contribution is -2.15. The minimum atomic E-state index is -0.603. The Morgan fingerprint density at radius 3 is 2.26 bits per heavy atom. The van der Waals surface area contributed by atoms with Crippen molar-refractivity contribution in [1.29, 1.82) is 0 Å².